The molecule has 0 bridgehead atoms. The van der Waals surface area contributed by atoms with Gasteiger partial charge in [0, 0.05) is 11.4 Å². The van der Waals surface area contributed by atoms with E-state index in [0.717, 1.165) is 10.9 Å². The van der Waals surface area contributed by atoms with Crippen LogP contribution in [0.2, 0.25) is 0 Å². The molecule has 0 saturated heterocycles. The maximum atomic E-state index is 11.6. The van der Waals surface area contributed by atoms with Crippen LogP contribution in [0.1, 0.15) is 37.5 Å². The van der Waals surface area contributed by atoms with Gasteiger partial charge in [0.15, 0.2) is 0 Å². The zero-order valence-corrected chi connectivity index (χ0v) is 12.9. The van der Waals surface area contributed by atoms with Crippen LogP contribution in [0.25, 0.3) is 6.08 Å². The van der Waals surface area contributed by atoms with Crippen molar-refractivity contribution in [1.82, 2.24) is 0 Å². The molecule has 0 atom stereocenters. The van der Waals surface area contributed by atoms with Crippen LogP contribution in [-0.2, 0) is 14.9 Å². The van der Waals surface area contributed by atoms with Crippen LogP contribution in [0.3, 0.4) is 0 Å². The van der Waals surface area contributed by atoms with E-state index in [9.17, 15) is 4.79 Å². The quantitative estimate of drug-likeness (QED) is 0.474. The second-order valence-corrected chi connectivity index (χ2v) is 5.70. The molecule has 0 radical (unpaired) electrons. The Morgan fingerprint density at radius 1 is 1.39 bits per heavy atom. The van der Waals surface area contributed by atoms with E-state index < -0.39 is 5.60 Å². The summed E-state index contributed by atoms with van der Waals surface area (Å²) in [5, 5.41) is 0.771. The van der Waals surface area contributed by atoms with Gasteiger partial charge in [0.2, 0.25) is 0 Å². The molecule has 0 N–H and O–H groups in total. The third-order valence-corrected chi connectivity index (χ3v) is 2.95. The second kappa shape index (κ2) is 6.19. The molecule has 0 amide bonds. The minimum Gasteiger partial charge on any atom is -0.457 e. The van der Waals surface area contributed by atoms with Gasteiger partial charge in [0.05, 0.1) is 0 Å². The summed E-state index contributed by atoms with van der Waals surface area (Å²) in [4.78, 5) is 11.6. The van der Waals surface area contributed by atoms with E-state index in [4.69, 9.17) is 4.74 Å². The summed E-state index contributed by atoms with van der Waals surface area (Å²) in [5.41, 5.74) is 2.99. The molecule has 0 saturated carbocycles. The molecule has 98 valence electrons. The minimum atomic E-state index is -0.452. The van der Waals surface area contributed by atoms with Crippen molar-refractivity contribution in [2.45, 2.75) is 38.6 Å². The van der Waals surface area contributed by atoms with Gasteiger partial charge in [-0.15, -0.1) is 0 Å². The van der Waals surface area contributed by atoms with E-state index >= 15 is 0 Å². The summed E-state index contributed by atoms with van der Waals surface area (Å²) in [6, 6.07) is 6.03. The maximum Gasteiger partial charge on any atom is 0.331 e. The van der Waals surface area contributed by atoms with E-state index in [1.807, 2.05) is 32.9 Å². The van der Waals surface area contributed by atoms with Gasteiger partial charge in [-0.3, -0.25) is 0 Å². The normalized spacial score (nSPS) is 11.8. The molecule has 0 unspecified atom stereocenters. The van der Waals surface area contributed by atoms with Crippen molar-refractivity contribution in [2.24, 2.45) is 0 Å². The Bertz CT molecular complexity index is 456. The SMILES string of the molecule is Cc1cccc(/C=C/C(=O)OC(C)(C)C)c1CBr. The number of benzene rings is 1. The first-order valence-corrected chi connectivity index (χ1v) is 7.01. The first kappa shape index (κ1) is 15.0. The number of halogens is 1. The molecule has 1 aromatic rings. The predicted molar refractivity (Wildman–Crippen MR) is 78.7 cm³/mol. The number of aryl methyl sites for hydroxylation is 1. The Morgan fingerprint density at radius 3 is 2.61 bits per heavy atom. The zero-order valence-electron chi connectivity index (χ0n) is 11.3. The van der Waals surface area contributed by atoms with Crippen LogP contribution < -0.4 is 0 Å². The van der Waals surface area contributed by atoms with Crippen molar-refractivity contribution >= 4 is 28.0 Å². The van der Waals surface area contributed by atoms with E-state index in [1.165, 1.54) is 17.2 Å². The average Bonchev–Trinajstić information content (AvgIpc) is 2.24. The fourth-order valence-corrected chi connectivity index (χ4v) is 2.32. The predicted octanol–water partition coefficient (Wildman–Crippen LogP) is 4.24. The van der Waals surface area contributed by atoms with Crippen LogP contribution >= 0.6 is 15.9 Å². The first-order valence-electron chi connectivity index (χ1n) is 5.89. The van der Waals surface area contributed by atoms with E-state index in [0.29, 0.717) is 0 Å². The molecule has 0 aliphatic rings. The minimum absolute atomic E-state index is 0.315. The lowest BCUT2D eigenvalue weighted by atomic mass is 10.0. The molecule has 0 fully saturated rings. The van der Waals surface area contributed by atoms with Crippen LogP contribution in [-0.4, -0.2) is 11.6 Å². The van der Waals surface area contributed by atoms with Crippen molar-refractivity contribution < 1.29 is 9.53 Å². The van der Waals surface area contributed by atoms with Crippen molar-refractivity contribution in [3.8, 4) is 0 Å². The van der Waals surface area contributed by atoms with E-state index in [1.54, 1.807) is 6.08 Å². The molecule has 0 spiro atoms. The average molecular weight is 311 g/mol. The summed E-state index contributed by atoms with van der Waals surface area (Å²) in [6.45, 7) is 7.63. The number of alkyl halides is 1. The van der Waals surface area contributed by atoms with Crippen molar-refractivity contribution in [2.75, 3.05) is 0 Å². The number of hydrogen-bond acceptors (Lipinski definition) is 2. The Kier molecular flexibility index (Phi) is 5.15. The Labute approximate surface area is 117 Å². The smallest absolute Gasteiger partial charge is 0.331 e. The standard InChI is InChI=1S/C15H19BrO2/c1-11-6-5-7-12(13(11)10-16)8-9-14(17)18-15(2,3)4/h5-9H,10H2,1-4H3/b9-8+. The highest BCUT2D eigenvalue weighted by atomic mass is 79.9. The summed E-state index contributed by atoms with van der Waals surface area (Å²) < 4.78 is 5.23. The third kappa shape index (κ3) is 4.65. The number of carbonyl (C=O) groups excluding carboxylic acids is 1. The lowest BCUT2D eigenvalue weighted by Crippen LogP contribution is -2.22. The van der Waals surface area contributed by atoms with Crippen LogP contribution in [0.15, 0.2) is 24.3 Å². The molecular formula is C15H19BrO2. The molecule has 2 nitrogen and oxygen atoms in total. The van der Waals surface area contributed by atoms with Crippen LogP contribution in [0.4, 0.5) is 0 Å². The van der Waals surface area contributed by atoms with Gasteiger partial charge in [-0.1, -0.05) is 34.1 Å². The molecule has 0 aliphatic heterocycles. The Morgan fingerprint density at radius 2 is 2.06 bits per heavy atom. The zero-order chi connectivity index (χ0) is 13.8. The fourth-order valence-electron chi connectivity index (χ4n) is 1.56. The third-order valence-electron chi connectivity index (χ3n) is 2.39. The number of carbonyl (C=O) groups is 1. The highest BCUT2D eigenvalue weighted by Gasteiger charge is 2.14. The van der Waals surface area contributed by atoms with Crippen LogP contribution in [0, 0.1) is 6.92 Å². The number of hydrogen-bond donors (Lipinski definition) is 0. The van der Waals surface area contributed by atoms with E-state index in [-0.39, 0.29) is 5.97 Å². The fraction of sp³-hybridized carbons (Fsp3) is 0.400. The van der Waals surface area contributed by atoms with Crippen LogP contribution in [0.5, 0.6) is 0 Å². The van der Waals surface area contributed by atoms with Crippen molar-refractivity contribution in [1.29, 1.82) is 0 Å². The summed E-state index contributed by atoms with van der Waals surface area (Å²) in [6.07, 6.45) is 3.28. The van der Waals surface area contributed by atoms with Gasteiger partial charge >= 0.3 is 5.97 Å². The van der Waals surface area contributed by atoms with Crippen molar-refractivity contribution in [3.05, 3.63) is 41.0 Å². The Hall–Kier alpha value is -1.09. The molecule has 0 aromatic heterocycles. The van der Waals surface area contributed by atoms with Gasteiger partial charge in [-0.05, 0) is 50.5 Å². The monoisotopic (exact) mass is 310 g/mol. The van der Waals surface area contributed by atoms with Crippen molar-refractivity contribution in [3.63, 3.8) is 0 Å². The highest BCUT2D eigenvalue weighted by Crippen LogP contribution is 2.19. The van der Waals surface area contributed by atoms with Gasteiger partial charge in [-0.2, -0.15) is 0 Å². The van der Waals surface area contributed by atoms with Gasteiger partial charge in [-0.25, -0.2) is 4.79 Å². The summed E-state index contributed by atoms with van der Waals surface area (Å²) in [5.74, 6) is -0.315. The second-order valence-electron chi connectivity index (χ2n) is 5.14. The lowest BCUT2D eigenvalue weighted by molar-refractivity contribution is -0.148. The lowest BCUT2D eigenvalue weighted by Gasteiger charge is -2.18. The number of ether oxygens (including phenoxy) is 1. The number of rotatable bonds is 3. The molecule has 18 heavy (non-hydrogen) atoms. The highest BCUT2D eigenvalue weighted by molar-refractivity contribution is 9.08. The molecular weight excluding hydrogens is 292 g/mol. The number of esters is 1. The maximum absolute atomic E-state index is 11.6. The molecule has 1 aromatic carbocycles. The first-order chi connectivity index (χ1) is 8.33. The summed E-state index contributed by atoms with van der Waals surface area (Å²) >= 11 is 3.46. The largest absolute Gasteiger partial charge is 0.457 e. The van der Waals surface area contributed by atoms with E-state index in [2.05, 4.69) is 28.9 Å². The molecule has 3 heteroatoms. The molecule has 1 rings (SSSR count). The molecule has 0 heterocycles. The topological polar surface area (TPSA) is 26.3 Å². The summed E-state index contributed by atoms with van der Waals surface area (Å²) in [7, 11) is 0. The van der Waals surface area contributed by atoms with Gasteiger partial charge < -0.3 is 4.74 Å². The Balaban J connectivity index is 2.85. The van der Waals surface area contributed by atoms with Gasteiger partial charge in [0.1, 0.15) is 5.60 Å². The molecule has 0 aliphatic carbocycles. The van der Waals surface area contributed by atoms with Gasteiger partial charge in [0.25, 0.3) is 0 Å².